The molecule has 1 amide bonds. The van der Waals surface area contributed by atoms with Gasteiger partial charge in [-0.1, -0.05) is 63.3 Å². The van der Waals surface area contributed by atoms with Crippen LogP contribution in [0.2, 0.25) is 0 Å². The third-order valence-electron chi connectivity index (χ3n) is 5.33. The van der Waals surface area contributed by atoms with Crippen LogP contribution in [0.3, 0.4) is 0 Å². The predicted octanol–water partition coefficient (Wildman–Crippen LogP) is 5.50. The van der Waals surface area contributed by atoms with Gasteiger partial charge in [-0.3, -0.25) is 0 Å². The fourth-order valence-electron chi connectivity index (χ4n) is 3.85. The highest BCUT2D eigenvalue weighted by molar-refractivity contribution is 5.69. The van der Waals surface area contributed by atoms with Gasteiger partial charge in [0.05, 0.1) is 12.6 Å². The summed E-state index contributed by atoms with van der Waals surface area (Å²) in [6.45, 7) is 8.22. The van der Waals surface area contributed by atoms with Gasteiger partial charge in [0.2, 0.25) is 0 Å². The number of unbranched alkanes of at least 4 members (excludes halogenated alkanes) is 5. The number of aliphatic hydroxyl groups is 1. The summed E-state index contributed by atoms with van der Waals surface area (Å²) < 4.78 is 5.51. The molecular formula is C24H39NO3. The fraction of sp³-hybridized carbons (Fsp3) is 0.708. The van der Waals surface area contributed by atoms with Crippen molar-refractivity contribution in [1.82, 2.24) is 4.90 Å². The number of likely N-dealkylation sites (tertiary alicyclic amines) is 1. The Balaban J connectivity index is 1.83. The first kappa shape index (κ1) is 22.7. The molecule has 2 rings (SSSR count). The second-order valence-corrected chi connectivity index (χ2v) is 9.21. The molecule has 0 bridgehead atoms. The van der Waals surface area contributed by atoms with Gasteiger partial charge in [-0.2, -0.15) is 0 Å². The van der Waals surface area contributed by atoms with Crippen LogP contribution in [0, 0.1) is 0 Å². The molecule has 1 aromatic rings. The Morgan fingerprint density at radius 1 is 1.07 bits per heavy atom. The van der Waals surface area contributed by atoms with E-state index in [-0.39, 0.29) is 12.1 Å². The summed E-state index contributed by atoms with van der Waals surface area (Å²) in [6.07, 6.45) is 9.63. The van der Waals surface area contributed by atoms with Crippen molar-refractivity contribution in [2.24, 2.45) is 0 Å². The van der Waals surface area contributed by atoms with Crippen LogP contribution in [0.1, 0.15) is 83.8 Å². The molecule has 1 aliphatic rings. The molecule has 1 saturated heterocycles. The molecule has 0 aromatic heterocycles. The predicted molar refractivity (Wildman–Crippen MR) is 115 cm³/mol. The smallest absolute Gasteiger partial charge is 0.410 e. The average Bonchev–Trinajstić information content (AvgIpc) is 2.98. The molecule has 1 heterocycles. The number of nitrogens with zero attached hydrogens (tertiary/aromatic N) is 1. The van der Waals surface area contributed by atoms with E-state index in [1.165, 1.54) is 49.7 Å². The molecule has 4 nitrogen and oxygen atoms in total. The molecular weight excluding hydrogens is 350 g/mol. The number of hydrogen-bond donors (Lipinski definition) is 1. The number of rotatable bonds is 9. The Kier molecular flexibility index (Phi) is 8.81. The lowest BCUT2D eigenvalue weighted by molar-refractivity contribution is 0.0208. The van der Waals surface area contributed by atoms with E-state index in [9.17, 15) is 9.90 Å². The molecule has 1 fully saturated rings. The van der Waals surface area contributed by atoms with E-state index in [1.54, 1.807) is 4.90 Å². The Labute approximate surface area is 171 Å². The molecule has 0 radical (unpaired) electrons. The highest BCUT2D eigenvalue weighted by Gasteiger charge is 2.36. The minimum absolute atomic E-state index is 0.00531. The zero-order chi connectivity index (χ0) is 20.6. The van der Waals surface area contributed by atoms with Gasteiger partial charge in [-0.05, 0) is 57.6 Å². The van der Waals surface area contributed by atoms with Crippen LogP contribution in [0.4, 0.5) is 4.79 Å². The lowest BCUT2D eigenvalue weighted by atomic mass is 10.00. The van der Waals surface area contributed by atoms with Crippen LogP contribution in [-0.2, 0) is 17.6 Å². The Bertz CT molecular complexity index is 591. The van der Waals surface area contributed by atoms with Crippen LogP contribution in [0.15, 0.2) is 24.3 Å². The minimum atomic E-state index is -0.520. The van der Waals surface area contributed by atoms with Gasteiger partial charge in [0.1, 0.15) is 5.60 Å². The molecule has 0 aliphatic carbocycles. The normalized spacial score (nSPS) is 19.8. The first-order valence-electron chi connectivity index (χ1n) is 11.0. The lowest BCUT2D eigenvalue weighted by Crippen LogP contribution is -2.41. The Morgan fingerprint density at radius 3 is 2.32 bits per heavy atom. The highest BCUT2D eigenvalue weighted by atomic mass is 16.6. The Morgan fingerprint density at radius 2 is 1.68 bits per heavy atom. The number of hydrogen-bond acceptors (Lipinski definition) is 3. The summed E-state index contributed by atoms with van der Waals surface area (Å²) in [5.74, 6) is 0. The van der Waals surface area contributed by atoms with Crippen LogP contribution in [0.25, 0.3) is 0 Å². The average molecular weight is 390 g/mol. The summed E-state index contributed by atoms with van der Waals surface area (Å²) in [7, 11) is 0. The van der Waals surface area contributed by atoms with Gasteiger partial charge < -0.3 is 14.7 Å². The first-order chi connectivity index (χ1) is 13.3. The molecule has 158 valence electrons. The third kappa shape index (κ3) is 7.83. The topological polar surface area (TPSA) is 49.8 Å². The molecule has 0 spiro atoms. The van der Waals surface area contributed by atoms with Crippen LogP contribution in [-0.4, -0.2) is 40.4 Å². The van der Waals surface area contributed by atoms with Gasteiger partial charge in [0.25, 0.3) is 0 Å². The summed E-state index contributed by atoms with van der Waals surface area (Å²) in [5, 5.41) is 10.1. The van der Waals surface area contributed by atoms with Crippen molar-refractivity contribution in [3.05, 3.63) is 35.4 Å². The standard InChI is InChI=1S/C24H39NO3/c1-5-6-7-8-9-10-11-19-12-14-20(15-13-19)16-21-17-22(26)18-25(21)23(27)28-24(2,3)4/h12-15,21-22,26H,5-11,16-18H2,1-4H3/t21-,22-/m1/s1. The summed E-state index contributed by atoms with van der Waals surface area (Å²) in [6, 6.07) is 8.76. The van der Waals surface area contributed by atoms with Gasteiger partial charge in [0.15, 0.2) is 0 Å². The van der Waals surface area contributed by atoms with E-state index in [0.29, 0.717) is 13.0 Å². The second kappa shape index (κ2) is 10.8. The monoisotopic (exact) mass is 389 g/mol. The number of aryl methyl sites for hydroxylation is 1. The Hall–Kier alpha value is -1.55. The lowest BCUT2D eigenvalue weighted by Gasteiger charge is -2.28. The molecule has 0 unspecified atom stereocenters. The second-order valence-electron chi connectivity index (χ2n) is 9.21. The first-order valence-corrected chi connectivity index (χ1v) is 11.0. The molecule has 0 saturated carbocycles. The number of benzene rings is 1. The number of ether oxygens (including phenoxy) is 1. The van der Waals surface area contributed by atoms with Gasteiger partial charge in [-0.15, -0.1) is 0 Å². The molecule has 1 aliphatic heterocycles. The van der Waals surface area contributed by atoms with E-state index in [4.69, 9.17) is 4.74 Å². The molecule has 1 aromatic carbocycles. The van der Waals surface area contributed by atoms with Crippen molar-refractivity contribution in [3.8, 4) is 0 Å². The maximum atomic E-state index is 12.5. The van der Waals surface area contributed by atoms with Crippen molar-refractivity contribution >= 4 is 6.09 Å². The summed E-state index contributed by atoms with van der Waals surface area (Å²) in [4.78, 5) is 14.2. The fourth-order valence-corrected chi connectivity index (χ4v) is 3.85. The van der Waals surface area contributed by atoms with Crippen LogP contribution >= 0.6 is 0 Å². The minimum Gasteiger partial charge on any atom is -0.444 e. The number of carbonyl (C=O) groups excluding carboxylic acids is 1. The molecule has 2 atom stereocenters. The van der Waals surface area contributed by atoms with E-state index in [1.807, 2.05) is 20.8 Å². The van der Waals surface area contributed by atoms with Gasteiger partial charge in [-0.25, -0.2) is 4.79 Å². The number of amides is 1. The number of aliphatic hydroxyl groups excluding tert-OH is 1. The van der Waals surface area contributed by atoms with Crippen molar-refractivity contribution < 1.29 is 14.6 Å². The summed E-state index contributed by atoms with van der Waals surface area (Å²) in [5.41, 5.74) is 2.07. The van der Waals surface area contributed by atoms with Crippen molar-refractivity contribution in [1.29, 1.82) is 0 Å². The van der Waals surface area contributed by atoms with Gasteiger partial charge >= 0.3 is 6.09 Å². The van der Waals surface area contributed by atoms with Crippen molar-refractivity contribution in [3.63, 3.8) is 0 Å². The third-order valence-corrected chi connectivity index (χ3v) is 5.33. The number of β-amino-alcohol motifs (C(OH)–C–C–N with tert-alkyl or cyclic N) is 1. The van der Waals surface area contributed by atoms with Gasteiger partial charge in [0, 0.05) is 6.04 Å². The summed E-state index contributed by atoms with van der Waals surface area (Å²) >= 11 is 0. The van der Waals surface area contributed by atoms with Crippen molar-refractivity contribution in [2.45, 2.75) is 103 Å². The zero-order valence-corrected chi connectivity index (χ0v) is 18.2. The maximum Gasteiger partial charge on any atom is 0.410 e. The molecule has 28 heavy (non-hydrogen) atoms. The quantitative estimate of drug-likeness (QED) is 0.567. The number of carbonyl (C=O) groups is 1. The SMILES string of the molecule is CCCCCCCCc1ccc(C[C@@H]2C[C@@H](O)CN2C(=O)OC(C)(C)C)cc1. The van der Waals surface area contributed by atoms with E-state index >= 15 is 0 Å². The highest BCUT2D eigenvalue weighted by Crippen LogP contribution is 2.24. The molecule has 4 heteroatoms. The maximum absolute atomic E-state index is 12.5. The molecule has 1 N–H and O–H groups in total. The van der Waals surface area contributed by atoms with E-state index in [2.05, 4.69) is 31.2 Å². The van der Waals surface area contributed by atoms with E-state index in [0.717, 1.165) is 12.8 Å². The largest absolute Gasteiger partial charge is 0.444 e. The zero-order valence-electron chi connectivity index (χ0n) is 18.2. The van der Waals surface area contributed by atoms with Crippen molar-refractivity contribution in [2.75, 3.05) is 6.54 Å². The van der Waals surface area contributed by atoms with Crippen LogP contribution in [0.5, 0.6) is 0 Å². The van der Waals surface area contributed by atoms with Crippen LogP contribution < -0.4 is 0 Å². The van der Waals surface area contributed by atoms with E-state index < -0.39 is 11.7 Å².